The van der Waals surface area contributed by atoms with Crippen LogP contribution >= 0.6 is 15.9 Å². The Morgan fingerprint density at radius 2 is 2.13 bits per heavy atom. The first kappa shape index (κ1) is 11.9. The van der Waals surface area contributed by atoms with Crippen molar-refractivity contribution >= 4 is 27.7 Å². The first-order chi connectivity index (χ1) is 7.13. The van der Waals surface area contributed by atoms with E-state index >= 15 is 0 Å². The van der Waals surface area contributed by atoms with Crippen LogP contribution in [0.2, 0.25) is 0 Å². The quantitative estimate of drug-likeness (QED) is 0.624. The first-order valence-corrected chi connectivity index (χ1v) is 5.37. The van der Waals surface area contributed by atoms with Crippen molar-refractivity contribution < 1.29 is 14.3 Å². The van der Waals surface area contributed by atoms with Gasteiger partial charge in [-0.1, -0.05) is 35.0 Å². The van der Waals surface area contributed by atoms with Crippen molar-refractivity contribution in [2.75, 3.05) is 6.61 Å². The van der Waals surface area contributed by atoms with E-state index in [1.165, 1.54) is 0 Å². The number of carbonyl (C=O) groups is 2. The molecule has 0 unspecified atom stereocenters. The van der Waals surface area contributed by atoms with Crippen molar-refractivity contribution in [3.8, 4) is 0 Å². The summed E-state index contributed by atoms with van der Waals surface area (Å²) in [6.45, 7) is 1.50. The smallest absolute Gasteiger partial charge is 0.305 e. The summed E-state index contributed by atoms with van der Waals surface area (Å²) in [7, 11) is 0. The molecule has 0 amide bonds. The predicted molar refractivity (Wildman–Crippen MR) is 59.7 cm³/mol. The zero-order valence-electron chi connectivity index (χ0n) is 8.33. The average molecular weight is 271 g/mol. The molecule has 0 aromatic heterocycles. The fourth-order valence-corrected chi connectivity index (χ4v) is 1.39. The third-order valence-electron chi connectivity index (χ3n) is 1.80. The van der Waals surface area contributed by atoms with E-state index in [1.54, 1.807) is 25.1 Å². The minimum absolute atomic E-state index is 0.191. The Labute approximate surface area is 96.6 Å². The van der Waals surface area contributed by atoms with Crippen LogP contribution in [0, 0.1) is 0 Å². The Morgan fingerprint density at radius 1 is 1.40 bits per heavy atom. The van der Waals surface area contributed by atoms with E-state index < -0.39 is 0 Å². The van der Waals surface area contributed by atoms with Crippen LogP contribution in [0.25, 0.3) is 0 Å². The molecule has 15 heavy (non-hydrogen) atoms. The van der Waals surface area contributed by atoms with Gasteiger partial charge in [0, 0.05) is 16.5 Å². The Kier molecular flexibility index (Phi) is 4.49. The third kappa shape index (κ3) is 3.83. The van der Waals surface area contributed by atoms with E-state index in [0.29, 0.717) is 5.56 Å². The van der Waals surface area contributed by atoms with Gasteiger partial charge in [-0.2, -0.15) is 0 Å². The van der Waals surface area contributed by atoms with Gasteiger partial charge in [-0.05, 0) is 12.1 Å². The Bertz CT molecular complexity index is 374. The van der Waals surface area contributed by atoms with Gasteiger partial charge in [0.2, 0.25) is 0 Å². The van der Waals surface area contributed by atoms with Gasteiger partial charge in [0.25, 0.3) is 0 Å². The zero-order chi connectivity index (χ0) is 11.3. The molecular formula is C11H11BrO3. The molecule has 0 aliphatic carbocycles. The van der Waals surface area contributed by atoms with E-state index in [2.05, 4.69) is 15.9 Å². The summed E-state index contributed by atoms with van der Waals surface area (Å²) < 4.78 is 5.57. The average Bonchev–Trinajstić information content (AvgIpc) is 2.25. The van der Waals surface area contributed by atoms with Gasteiger partial charge in [0.05, 0.1) is 0 Å². The minimum atomic E-state index is -0.363. The predicted octanol–water partition coefficient (Wildman–Crippen LogP) is 2.59. The van der Waals surface area contributed by atoms with E-state index in [9.17, 15) is 9.59 Å². The first-order valence-electron chi connectivity index (χ1n) is 4.58. The van der Waals surface area contributed by atoms with Gasteiger partial charge >= 0.3 is 5.97 Å². The summed E-state index contributed by atoms with van der Waals surface area (Å²) in [5.74, 6) is -0.559. The van der Waals surface area contributed by atoms with Gasteiger partial charge in [0.1, 0.15) is 0 Å². The van der Waals surface area contributed by atoms with Crippen molar-refractivity contribution in [1.29, 1.82) is 0 Å². The molecule has 0 heterocycles. The summed E-state index contributed by atoms with van der Waals surface area (Å²) in [4.78, 5) is 22.4. The molecule has 0 fully saturated rings. The van der Waals surface area contributed by atoms with Gasteiger partial charge in [-0.15, -0.1) is 0 Å². The molecule has 80 valence electrons. The second kappa shape index (κ2) is 5.66. The summed E-state index contributed by atoms with van der Waals surface area (Å²) in [6.07, 6.45) is 0.283. The molecule has 0 saturated carbocycles. The highest BCUT2D eigenvalue weighted by Crippen LogP contribution is 2.12. The fraction of sp³-hybridized carbons (Fsp3) is 0.273. The summed E-state index contributed by atoms with van der Waals surface area (Å²) >= 11 is 3.26. The highest BCUT2D eigenvalue weighted by atomic mass is 79.9. The molecular weight excluding hydrogens is 260 g/mol. The number of carbonyl (C=O) groups excluding carboxylic acids is 2. The maximum atomic E-state index is 11.5. The van der Waals surface area contributed by atoms with E-state index in [-0.39, 0.29) is 24.8 Å². The Morgan fingerprint density at radius 3 is 2.73 bits per heavy atom. The maximum absolute atomic E-state index is 11.5. The van der Waals surface area contributed by atoms with Crippen LogP contribution in [0.1, 0.15) is 23.7 Å². The lowest BCUT2D eigenvalue weighted by molar-refractivity contribution is -0.142. The number of benzene rings is 1. The third-order valence-corrected chi connectivity index (χ3v) is 2.29. The number of ether oxygens (including phenoxy) is 1. The van der Waals surface area contributed by atoms with Crippen molar-refractivity contribution in [3.63, 3.8) is 0 Å². The number of ketones is 1. The summed E-state index contributed by atoms with van der Waals surface area (Å²) in [5, 5.41) is 0. The van der Waals surface area contributed by atoms with Crippen LogP contribution in [0.4, 0.5) is 0 Å². The molecule has 0 bridgehead atoms. The molecule has 0 radical (unpaired) electrons. The molecule has 0 N–H and O–H groups in total. The molecule has 1 rings (SSSR count). The largest absolute Gasteiger partial charge is 0.457 e. The summed E-state index contributed by atoms with van der Waals surface area (Å²) in [6, 6.07) is 6.97. The van der Waals surface area contributed by atoms with Gasteiger partial charge in [-0.3, -0.25) is 9.59 Å². The SMILES string of the molecule is CCC(=O)OCC(=O)c1cccc(Br)c1. The van der Waals surface area contributed by atoms with Crippen LogP contribution in [0.5, 0.6) is 0 Å². The van der Waals surface area contributed by atoms with Crippen molar-refractivity contribution in [2.24, 2.45) is 0 Å². The molecule has 3 nitrogen and oxygen atoms in total. The van der Waals surface area contributed by atoms with Crippen LogP contribution in [0.15, 0.2) is 28.7 Å². The lowest BCUT2D eigenvalue weighted by atomic mass is 10.1. The highest BCUT2D eigenvalue weighted by molar-refractivity contribution is 9.10. The fourth-order valence-electron chi connectivity index (χ4n) is 0.993. The molecule has 1 aromatic carbocycles. The number of rotatable bonds is 4. The number of Topliss-reactive ketones (excluding diaryl/α,β-unsaturated/α-hetero) is 1. The number of halogens is 1. The topological polar surface area (TPSA) is 43.4 Å². The zero-order valence-corrected chi connectivity index (χ0v) is 9.91. The van der Waals surface area contributed by atoms with Gasteiger partial charge < -0.3 is 4.74 Å². The molecule has 0 aliphatic rings. The van der Waals surface area contributed by atoms with Crippen LogP contribution in [-0.4, -0.2) is 18.4 Å². The number of hydrogen-bond donors (Lipinski definition) is 0. The monoisotopic (exact) mass is 270 g/mol. The standard InChI is InChI=1S/C11H11BrO3/c1-2-11(14)15-7-10(13)8-4-3-5-9(12)6-8/h3-6H,2,7H2,1H3. The molecule has 4 heteroatoms. The lowest BCUT2D eigenvalue weighted by Gasteiger charge is -2.02. The van der Waals surface area contributed by atoms with E-state index in [1.807, 2.05) is 6.07 Å². The highest BCUT2D eigenvalue weighted by Gasteiger charge is 2.08. The van der Waals surface area contributed by atoms with E-state index in [4.69, 9.17) is 4.74 Å². The molecule has 1 aromatic rings. The van der Waals surface area contributed by atoms with Crippen molar-refractivity contribution in [1.82, 2.24) is 0 Å². The lowest BCUT2D eigenvalue weighted by Crippen LogP contribution is -2.13. The number of esters is 1. The Balaban J connectivity index is 2.58. The molecule has 0 aliphatic heterocycles. The second-order valence-electron chi connectivity index (χ2n) is 2.95. The summed E-state index contributed by atoms with van der Waals surface area (Å²) in [5.41, 5.74) is 0.535. The minimum Gasteiger partial charge on any atom is -0.457 e. The molecule has 0 atom stereocenters. The normalized spacial score (nSPS) is 9.73. The van der Waals surface area contributed by atoms with Gasteiger partial charge in [-0.25, -0.2) is 0 Å². The molecule has 0 spiro atoms. The van der Waals surface area contributed by atoms with Gasteiger partial charge in [0.15, 0.2) is 12.4 Å². The number of hydrogen-bond acceptors (Lipinski definition) is 3. The van der Waals surface area contributed by atoms with Crippen LogP contribution in [0.3, 0.4) is 0 Å². The van der Waals surface area contributed by atoms with Crippen molar-refractivity contribution in [2.45, 2.75) is 13.3 Å². The Hall–Kier alpha value is -1.16. The maximum Gasteiger partial charge on any atom is 0.305 e. The molecule has 0 saturated heterocycles. The van der Waals surface area contributed by atoms with Crippen LogP contribution in [-0.2, 0) is 9.53 Å². The van der Waals surface area contributed by atoms with Crippen molar-refractivity contribution in [3.05, 3.63) is 34.3 Å². The second-order valence-corrected chi connectivity index (χ2v) is 3.86. The van der Waals surface area contributed by atoms with Crippen LogP contribution < -0.4 is 0 Å². The van der Waals surface area contributed by atoms with E-state index in [0.717, 1.165) is 4.47 Å².